The zero-order valence-corrected chi connectivity index (χ0v) is 25.8. The van der Waals surface area contributed by atoms with Gasteiger partial charge in [0.05, 0.1) is 31.0 Å². The summed E-state index contributed by atoms with van der Waals surface area (Å²) in [6, 6.07) is 0. The molecule has 2 rings (SSSR count). The Hall–Kier alpha value is -1.95. The summed E-state index contributed by atoms with van der Waals surface area (Å²) in [7, 11) is 0. The fourth-order valence-corrected chi connectivity index (χ4v) is 6.03. The van der Waals surface area contributed by atoms with Gasteiger partial charge in [-0.1, -0.05) is 33.8 Å². The van der Waals surface area contributed by atoms with Crippen molar-refractivity contribution in [2.24, 2.45) is 23.7 Å². The van der Waals surface area contributed by atoms with E-state index >= 15 is 0 Å². The highest BCUT2D eigenvalue weighted by atomic mass is 16.7. The Morgan fingerprint density at radius 3 is 2.34 bits per heavy atom. The van der Waals surface area contributed by atoms with Gasteiger partial charge in [-0.3, -0.25) is 14.4 Å². The van der Waals surface area contributed by atoms with Crippen LogP contribution in [0.5, 0.6) is 0 Å². The van der Waals surface area contributed by atoms with E-state index < -0.39 is 77.7 Å². The number of hydrogen-bond donors (Lipinski definition) is 3. The number of cyclic esters (lactones) is 1. The summed E-state index contributed by atoms with van der Waals surface area (Å²) in [5, 5.41) is 32.2. The van der Waals surface area contributed by atoms with Crippen LogP contribution in [0.25, 0.3) is 0 Å². The average molecular weight is 583 g/mol. The molecule has 0 saturated carbocycles. The second-order valence-corrected chi connectivity index (χ2v) is 12.3. The van der Waals surface area contributed by atoms with Crippen molar-refractivity contribution in [3.63, 3.8) is 0 Å². The van der Waals surface area contributed by atoms with E-state index in [1.807, 2.05) is 13.8 Å². The van der Waals surface area contributed by atoms with Gasteiger partial charge in [0, 0.05) is 17.4 Å². The first-order valence-electron chi connectivity index (χ1n) is 14.6. The van der Waals surface area contributed by atoms with Gasteiger partial charge in [0.1, 0.15) is 23.7 Å². The molecule has 0 aliphatic carbocycles. The molecule has 0 radical (unpaired) electrons. The van der Waals surface area contributed by atoms with Gasteiger partial charge in [0.2, 0.25) is 0 Å². The van der Waals surface area contributed by atoms with Crippen LogP contribution in [0.1, 0.15) is 74.7 Å². The molecular formula is C31H50O10. The molecule has 2 heterocycles. The van der Waals surface area contributed by atoms with Gasteiger partial charge in [-0.2, -0.15) is 0 Å². The third-order valence-corrected chi connectivity index (χ3v) is 8.42. The Morgan fingerprint density at radius 1 is 1.15 bits per heavy atom. The summed E-state index contributed by atoms with van der Waals surface area (Å²) in [5.41, 5.74) is -3.14. The molecule has 0 amide bonds. The number of carbonyl (C=O) groups excluding carboxylic acids is 3. The predicted octanol–water partition coefficient (Wildman–Crippen LogP) is 2.91. The lowest BCUT2D eigenvalue weighted by atomic mass is 9.76. The van der Waals surface area contributed by atoms with Crippen LogP contribution in [0.2, 0.25) is 0 Å². The Balaban J connectivity index is 2.70. The smallest absolute Gasteiger partial charge is 0.316 e. The average Bonchev–Trinajstić information content (AvgIpc) is 2.91. The number of aliphatic hydroxyl groups excluding tert-OH is 2. The maximum atomic E-state index is 13.8. The summed E-state index contributed by atoms with van der Waals surface area (Å²) >= 11 is 0. The van der Waals surface area contributed by atoms with Gasteiger partial charge in [-0.15, -0.1) is 6.58 Å². The number of hydrogen-bond acceptors (Lipinski definition) is 10. The summed E-state index contributed by atoms with van der Waals surface area (Å²) in [5.74, 6) is -4.84. The minimum absolute atomic E-state index is 0.0385. The molecule has 1 fully saturated rings. The first-order valence-corrected chi connectivity index (χ1v) is 14.6. The molecular weight excluding hydrogens is 532 g/mol. The van der Waals surface area contributed by atoms with E-state index in [1.54, 1.807) is 27.7 Å². The Labute approximate surface area is 244 Å². The molecule has 0 aromatic heterocycles. The maximum absolute atomic E-state index is 13.8. The van der Waals surface area contributed by atoms with Crippen molar-refractivity contribution in [3.05, 3.63) is 24.3 Å². The summed E-state index contributed by atoms with van der Waals surface area (Å²) in [4.78, 5) is 40.6. The molecule has 2 aliphatic rings. The normalized spacial score (nSPS) is 43.0. The Bertz CT molecular complexity index is 974. The second kappa shape index (κ2) is 14.5. The minimum Gasteiger partial charge on any atom is -0.458 e. The fraction of sp³-hybridized carbons (Fsp3) is 0.774. The SMILES string of the molecule is C=CCO[C@@]1(C)C[C@@H](C)C(=O)/C(CO)=C/[C@](C)(O)[C@@H](CC)OC(=O)[C@H](C)C(=O)[C@H](C)[C@H]1O[C@@H]1O[C@H](C)C[C@H](C)[C@H]1O. The number of Topliss-reactive ketones (excluding diaryl/α,β-unsaturated/α-hetero) is 2. The lowest BCUT2D eigenvalue weighted by Crippen LogP contribution is -2.56. The van der Waals surface area contributed by atoms with Crippen LogP contribution in [0.15, 0.2) is 24.3 Å². The van der Waals surface area contributed by atoms with Crippen molar-refractivity contribution in [1.29, 1.82) is 0 Å². The molecule has 1 saturated heterocycles. The second-order valence-electron chi connectivity index (χ2n) is 12.3. The molecule has 0 bridgehead atoms. The first kappa shape index (κ1) is 35.2. The van der Waals surface area contributed by atoms with Gasteiger partial charge in [0.25, 0.3) is 0 Å². The minimum atomic E-state index is -1.79. The molecule has 11 atom stereocenters. The maximum Gasteiger partial charge on any atom is 0.316 e. The van der Waals surface area contributed by atoms with Crippen molar-refractivity contribution in [2.45, 2.75) is 117 Å². The van der Waals surface area contributed by atoms with E-state index in [2.05, 4.69) is 6.58 Å². The lowest BCUT2D eigenvalue weighted by molar-refractivity contribution is -0.296. The standard InChI is InChI=1S/C31H50O10/c1-10-12-38-31(9)14-18(4)24(33)22(16-32)15-30(8,37)23(11-2)40-28(36)21(7)26(35)20(6)27(31)41-29-25(34)17(3)13-19(5)39-29/h10,15,17-21,23,25,27,29,32,34,37H,1,11-14,16H2,2-9H3/b22-15+/t17-,18+,19+,20-,21+,23+,25+,27+,29-,30-,31-/m0/s1. The van der Waals surface area contributed by atoms with Gasteiger partial charge >= 0.3 is 5.97 Å². The van der Waals surface area contributed by atoms with Crippen molar-refractivity contribution in [1.82, 2.24) is 0 Å². The van der Waals surface area contributed by atoms with Crippen LogP contribution in [0.4, 0.5) is 0 Å². The highest BCUT2D eigenvalue weighted by Crippen LogP contribution is 2.38. The topological polar surface area (TPSA) is 149 Å². The summed E-state index contributed by atoms with van der Waals surface area (Å²) < 4.78 is 24.2. The third kappa shape index (κ3) is 8.33. The molecule has 0 aromatic rings. The third-order valence-electron chi connectivity index (χ3n) is 8.42. The van der Waals surface area contributed by atoms with E-state index in [0.717, 1.165) is 0 Å². The Morgan fingerprint density at radius 2 is 1.78 bits per heavy atom. The molecule has 10 nitrogen and oxygen atoms in total. The van der Waals surface area contributed by atoms with Crippen LogP contribution < -0.4 is 0 Å². The van der Waals surface area contributed by atoms with Gasteiger partial charge in [-0.05, 0) is 59.0 Å². The molecule has 0 spiro atoms. The molecule has 3 N–H and O–H groups in total. The van der Waals surface area contributed by atoms with Crippen molar-refractivity contribution < 1.29 is 48.7 Å². The number of rotatable bonds is 7. The monoisotopic (exact) mass is 582 g/mol. The van der Waals surface area contributed by atoms with E-state index in [9.17, 15) is 29.7 Å². The number of carbonyl (C=O) groups is 3. The fourth-order valence-electron chi connectivity index (χ4n) is 6.03. The number of aliphatic hydroxyl groups is 3. The molecule has 2 aliphatic heterocycles. The van der Waals surface area contributed by atoms with Crippen LogP contribution >= 0.6 is 0 Å². The van der Waals surface area contributed by atoms with E-state index in [-0.39, 0.29) is 37.0 Å². The Kier molecular flexibility index (Phi) is 12.5. The summed E-state index contributed by atoms with van der Waals surface area (Å²) in [6.07, 6.45) is -0.800. The molecule has 10 heteroatoms. The van der Waals surface area contributed by atoms with E-state index in [4.69, 9.17) is 18.9 Å². The van der Waals surface area contributed by atoms with Crippen LogP contribution in [0, 0.1) is 23.7 Å². The van der Waals surface area contributed by atoms with E-state index in [1.165, 1.54) is 26.0 Å². The molecule has 41 heavy (non-hydrogen) atoms. The zero-order chi connectivity index (χ0) is 31.3. The van der Waals surface area contributed by atoms with Crippen LogP contribution in [-0.2, 0) is 33.3 Å². The number of ether oxygens (including phenoxy) is 4. The molecule has 234 valence electrons. The quantitative estimate of drug-likeness (QED) is 0.232. The highest BCUT2D eigenvalue weighted by molar-refractivity contribution is 6.00. The van der Waals surface area contributed by atoms with Crippen LogP contribution in [0.3, 0.4) is 0 Å². The predicted molar refractivity (Wildman–Crippen MR) is 152 cm³/mol. The molecule has 0 aromatic carbocycles. The van der Waals surface area contributed by atoms with Gasteiger partial charge in [0.15, 0.2) is 17.9 Å². The summed E-state index contributed by atoms with van der Waals surface area (Å²) in [6.45, 7) is 16.4. The molecule has 0 unspecified atom stereocenters. The lowest BCUT2D eigenvalue weighted by Gasteiger charge is -2.45. The van der Waals surface area contributed by atoms with Gasteiger partial charge < -0.3 is 34.3 Å². The largest absolute Gasteiger partial charge is 0.458 e. The zero-order valence-electron chi connectivity index (χ0n) is 25.8. The van der Waals surface area contributed by atoms with E-state index in [0.29, 0.717) is 6.42 Å². The number of esters is 1. The van der Waals surface area contributed by atoms with Crippen molar-refractivity contribution in [2.75, 3.05) is 13.2 Å². The number of ketones is 2. The van der Waals surface area contributed by atoms with Crippen molar-refractivity contribution >= 4 is 17.5 Å². The van der Waals surface area contributed by atoms with Crippen molar-refractivity contribution in [3.8, 4) is 0 Å². The van der Waals surface area contributed by atoms with Gasteiger partial charge in [-0.25, -0.2) is 0 Å². The van der Waals surface area contributed by atoms with Crippen LogP contribution in [-0.4, -0.2) is 88.0 Å². The highest BCUT2D eigenvalue weighted by Gasteiger charge is 2.49. The first-order chi connectivity index (χ1) is 19.0.